The summed E-state index contributed by atoms with van der Waals surface area (Å²) in [7, 11) is 1.50. The number of hydrogen-bond donors (Lipinski definition) is 0. The maximum atomic E-state index is 13.1. The third-order valence-electron chi connectivity index (χ3n) is 2.75. The Morgan fingerprint density at radius 3 is 2.29 bits per heavy atom. The van der Waals surface area contributed by atoms with Gasteiger partial charge in [-0.05, 0) is 35.4 Å². The van der Waals surface area contributed by atoms with Crippen molar-refractivity contribution in [3.63, 3.8) is 0 Å². The lowest BCUT2D eigenvalue weighted by Crippen LogP contribution is -2.00. The summed E-state index contributed by atoms with van der Waals surface area (Å²) in [6, 6.07) is 6.73. The molecule has 0 fully saturated rings. The van der Waals surface area contributed by atoms with Gasteiger partial charge in [0.2, 0.25) is 0 Å². The van der Waals surface area contributed by atoms with E-state index in [1.165, 1.54) is 19.2 Å². The van der Waals surface area contributed by atoms with Crippen LogP contribution in [-0.2, 0) is 11.9 Å². The van der Waals surface area contributed by atoms with Crippen molar-refractivity contribution in [1.29, 1.82) is 0 Å². The standard InChI is InChI=1S/C15H12BrClF2O2/c1-20-14-5-9(7-16)4-13(17)15(14)21-8-10-2-11(18)6-12(19)3-10/h2-6H,7-8H2,1H3. The van der Waals surface area contributed by atoms with Crippen LogP contribution in [0.4, 0.5) is 8.78 Å². The molecule has 0 aromatic heterocycles. The Bertz CT molecular complexity index is 630. The van der Waals surface area contributed by atoms with E-state index in [1.54, 1.807) is 12.1 Å². The molecule has 0 aliphatic rings. The Morgan fingerprint density at radius 1 is 1.05 bits per heavy atom. The molecule has 0 saturated heterocycles. The second-order valence-corrected chi connectivity index (χ2v) is 5.28. The zero-order valence-electron chi connectivity index (χ0n) is 11.1. The fraction of sp³-hybridized carbons (Fsp3) is 0.200. The van der Waals surface area contributed by atoms with Crippen molar-refractivity contribution in [3.8, 4) is 11.5 Å². The highest BCUT2D eigenvalue weighted by atomic mass is 79.9. The first-order chi connectivity index (χ1) is 10.0. The molecule has 2 aromatic carbocycles. The molecular weight excluding hydrogens is 366 g/mol. The van der Waals surface area contributed by atoms with Crippen LogP contribution in [0, 0.1) is 11.6 Å². The average molecular weight is 378 g/mol. The van der Waals surface area contributed by atoms with Crippen molar-refractivity contribution in [3.05, 3.63) is 58.1 Å². The van der Waals surface area contributed by atoms with Crippen LogP contribution in [-0.4, -0.2) is 7.11 Å². The van der Waals surface area contributed by atoms with Crippen molar-refractivity contribution in [2.45, 2.75) is 11.9 Å². The van der Waals surface area contributed by atoms with Crippen molar-refractivity contribution in [1.82, 2.24) is 0 Å². The second-order valence-electron chi connectivity index (χ2n) is 4.31. The van der Waals surface area contributed by atoms with E-state index >= 15 is 0 Å². The maximum Gasteiger partial charge on any atom is 0.180 e. The smallest absolute Gasteiger partial charge is 0.180 e. The first-order valence-electron chi connectivity index (χ1n) is 6.03. The summed E-state index contributed by atoms with van der Waals surface area (Å²) in [6.45, 7) is -0.0155. The van der Waals surface area contributed by atoms with E-state index in [4.69, 9.17) is 21.1 Å². The minimum Gasteiger partial charge on any atom is -0.493 e. The molecule has 0 N–H and O–H groups in total. The highest BCUT2D eigenvalue weighted by Crippen LogP contribution is 2.37. The molecule has 0 aliphatic carbocycles. The third kappa shape index (κ3) is 4.08. The molecule has 21 heavy (non-hydrogen) atoms. The van der Waals surface area contributed by atoms with E-state index < -0.39 is 11.6 Å². The molecule has 2 aromatic rings. The van der Waals surface area contributed by atoms with Crippen LogP contribution in [0.25, 0.3) is 0 Å². The van der Waals surface area contributed by atoms with E-state index in [0.29, 0.717) is 27.4 Å². The predicted octanol–water partition coefficient (Wildman–Crippen LogP) is 5.10. The SMILES string of the molecule is COc1cc(CBr)cc(Cl)c1OCc1cc(F)cc(F)c1. The monoisotopic (exact) mass is 376 g/mol. The Hall–Kier alpha value is -1.33. The van der Waals surface area contributed by atoms with Gasteiger partial charge in [0.15, 0.2) is 11.5 Å². The molecular formula is C15H12BrClF2O2. The molecule has 0 amide bonds. The van der Waals surface area contributed by atoms with E-state index in [2.05, 4.69) is 15.9 Å². The van der Waals surface area contributed by atoms with Gasteiger partial charge in [-0.2, -0.15) is 0 Å². The molecule has 0 saturated carbocycles. The fourth-order valence-electron chi connectivity index (χ4n) is 1.84. The molecule has 0 bridgehead atoms. The first-order valence-corrected chi connectivity index (χ1v) is 7.53. The van der Waals surface area contributed by atoms with Gasteiger partial charge in [-0.3, -0.25) is 0 Å². The van der Waals surface area contributed by atoms with Gasteiger partial charge in [0.05, 0.1) is 12.1 Å². The van der Waals surface area contributed by atoms with Crippen LogP contribution in [0.3, 0.4) is 0 Å². The van der Waals surface area contributed by atoms with Crippen molar-refractivity contribution in [2.75, 3.05) is 7.11 Å². The lowest BCUT2D eigenvalue weighted by Gasteiger charge is -2.14. The van der Waals surface area contributed by atoms with Crippen LogP contribution >= 0.6 is 27.5 Å². The highest BCUT2D eigenvalue weighted by molar-refractivity contribution is 9.08. The lowest BCUT2D eigenvalue weighted by atomic mass is 10.2. The summed E-state index contributed by atoms with van der Waals surface area (Å²) in [5, 5.41) is 0.999. The first kappa shape index (κ1) is 16.0. The number of ether oxygens (including phenoxy) is 2. The number of hydrogen-bond acceptors (Lipinski definition) is 2. The van der Waals surface area contributed by atoms with Gasteiger partial charge in [0.25, 0.3) is 0 Å². The largest absolute Gasteiger partial charge is 0.493 e. The lowest BCUT2D eigenvalue weighted by molar-refractivity contribution is 0.283. The zero-order chi connectivity index (χ0) is 15.4. The van der Waals surface area contributed by atoms with Gasteiger partial charge in [0, 0.05) is 11.4 Å². The molecule has 0 heterocycles. The Balaban J connectivity index is 2.23. The van der Waals surface area contributed by atoms with E-state index in [-0.39, 0.29) is 6.61 Å². The van der Waals surface area contributed by atoms with Gasteiger partial charge in [-0.15, -0.1) is 0 Å². The van der Waals surface area contributed by atoms with E-state index in [1.807, 2.05) is 0 Å². The molecule has 6 heteroatoms. The topological polar surface area (TPSA) is 18.5 Å². The van der Waals surface area contributed by atoms with E-state index in [0.717, 1.165) is 11.6 Å². The van der Waals surface area contributed by atoms with Crippen LogP contribution in [0.5, 0.6) is 11.5 Å². The summed E-state index contributed by atoms with van der Waals surface area (Å²) in [4.78, 5) is 0. The normalized spacial score (nSPS) is 10.5. The molecule has 0 atom stereocenters. The third-order valence-corrected chi connectivity index (χ3v) is 3.68. The number of halogens is 4. The Kier molecular flexibility index (Phi) is 5.42. The Morgan fingerprint density at radius 2 is 1.71 bits per heavy atom. The zero-order valence-corrected chi connectivity index (χ0v) is 13.5. The van der Waals surface area contributed by atoms with Gasteiger partial charge in [0.1, 0.15) is 18.2 Å². The average Bonchev–Trinajstić information content (AvgIpc) is 2.44. The molecule has 0 spiro atoms. The summed E-state index contributed by atoms with van der Waals surface area (Å²) < 4.78 is 37.0. The summed E-state index contributed by atoms with van der Waals surface area (Å²) in [5.41, 5.74) is 1.30. The number of rotatable bonds is 5. The molecule has 0 unspecified atom stereocenters. The summed E-state index contributed by atoms with van der Waals surface area (Å²) in [6.07, 6.45) is 0. The maximum absolute atomic E-state index is 13.1. The van der Waals surface area contributed by atoms with Crippen LogP contribution in [0.15, 0.2) is 30.3 Å². The molecule has 0 radical (unpaired) electrons. The quantitative estimate of drug-likeness (QED) is 0.675. The number of benzene rings is 2. The number of alkyl halides is 1. The Labute approximate surface area is 134 Å². The van der Waals surface area contributed by atoms with Crippen molar-refractivity contribution >= 4 is 27.5 Å². The predicted molar refractivity (Wildman–Crippen MR) is 81.3 cm³/mol. The minimum atomic E-state index is -0.652. The summed E-state index contributed by atoms with van der Waals surface area (Å²) in [5.74, 6) is -0.495. The van der Waals surface area contributed by atoms with Gasteiger partial charge < -0.3 is 9.47 Å². The molecule has 112 valence electrons. The molecule has 2 nitrogen and oxygen atoms in total. The van der Waals surface area contributed by atoms with Crippen LogP contribution < -0.4 is 9.47 Å². The van der Waals surface area contributed by atoms with Crippen molar-refractivity contribution < 1.29 is 18.3 Å². The van der Waals surface area contributed by atoms with Gasteiger partial charge in [-0.1, -0.05) is 27.5 Å². The molecule has 0 aliphatic heterocycles. The second kappa shape index (κ2) is 7.09. The van der Waals surface area contributed by atoms with Gasteiger partial charge >= 0.3 is 0 Å². The fourth-order valence-corrected chi connectivity index (χ4v) is 2.45. The van der Waals surface area contributed by atoms with Crippen LogP contribution in [0.2, 0.25) is 5.02 Å². The van der Waals surface area contributed by atoms with Crippen molar-refractivity contribution in [2.24, 2.45) is 0 Å². The highest BCUT2D eigenvalue weighted by Gasteiger charge is 2.12. The van der Waals surface area contributed by atoms with Crippen LogP contribution in [0.1, 0.15) is 11.1 Å². The molecule has 2 rings (SSSR count). The van der Waals surface area contributed by atoms with Gasteiger partial charge in [-0.25, -0.2) is 8.78 Å². The summed E-state index contributed by atoms with van der Waals surface area (Å²) >= 11 is 9.48. The van der Waals surface area contributed by atoms with E-state index in [9.17, 15) is 8.78 Å². The number of methoxy groups -OCH3 is 1. The minimum absolute atomic E-state index is 0.0155.